The number of hydrogen-bond acceptors (Lipinski definition) is 3. The average Bonchev–Trinajstić information content (AvgIpc) is 2.82. The molecule has 0 spiro atoms. The van der Waals surface area contributed by atoms with E-state index in [4.69, 9.17) is 4.74 Å². The van der Waals surface area contributed by atoms with Gasteiger partial charge >= 0.3 is 5.97 Å². The van der Waals surface area contributed by atoms with Gasteiger partial charge < -0.3 is 4.74 Å². The lowest BCUT2D eigenvalue weighted by atomic mass is 9.75. The van der Waals surface area contributed by atoms with Crippen LogP contribution in [0.2, 0.25) is 0 Å². The fourth-order valence-corrected chi connectivity index (χ4v) is 2.94. The smallest absolute Gasteiger partial charge is 0.324 e. The van der Waals surface area contributed by atoms with Crippen molar-refractivity contribution in [3.05, 3.63) is 40.9 Å². The number of carbonyl (C=O) groups excluding carboxylic acids is 2. The molecule has 0 bridgehead atoms. The van der Waals surface area contributed by atoms with E-state index in [1.807, 2.05) is 24.3 Å². The van der Waals surface area contributed by atoms with Gasteiger partial charge in [-0.05, 0) is 43.0 Å². The SMILES string of the molecule is C=C(c1ccc(Br)cc1)[C@]1(C(=O)OCC)CCCC1=O. The standard InChI is InChI=1S/C16H17BrO3/c1-3-20-15(19)16(10-4-5-14(16)18)11(2)12-6-8-13(17)9-7-12/h6-9H,2-5,10H2,1H3/t16-/m1/s1. The molecule has 0 heterocycles. The van der Waals surface area contributed by atoms with Gasteiger partial charge in [0.1, 0.15) is 0 Å². The van der Waals surface area contributed by atoms with Crippen molar-refractivity contribution in [2.45, 2.75) is 26.2 Å². The summed E-state index contributed by atoms with van der Waals surface area (Å²) in [5.41, 5.74) is 0.159. The summed E-state index contributed by atoms with van der Waals surface area (Å²) < 4.78 is 6.08. The van der Waals surface area contributed by atoms with Gasteiger partial charge in [0.25, 0.3) is 0 Å². The molecule has 1 aromatic carbocycles. The van der Waals surface area contributed by atoms with E-state index < -0.39 is 11.4 Å². The van der Waals surface area contributed by atoms with E-state index in [9.17, 15) is 9.59 Å². The van der Waals surface area contributed by atoms with Crippen molar-refractivity contribution in [2.24, 2.45) is 5.41 Å². The Balaban J connectivity index is 2.42. The quantitative estimate of drug-likeness (QED) is 0.621. The molecule has 0 aromatic heterocycles. The number of hydrogen-bond donors (Lipinski definition) is 0. The van der Waals surface area contributed by atoms with Gasteiger partial charge in [-0.2, -0.15) is 0 Å². The molecule has 0 amide bonds. The molecule has 1 aliphatic rings. The predicted octanol–water partition coefficient (Wildman–Crippen LogP) is 3.76. The maximum absolute atomic E-state index is 12.3. The van der Waals surface area contributed by atoms with E-state index >= 15 is 0 Å². The Labute approximate surface area is 127 Å². The molecule has 1 atom stereocenters. The van der Waals surface area contributed by atoms with Crippen LogP contribution in [0.3, 0.4) is 0 Å². The molecule has 1 aliphatic carbocycles. The molecule has 1 fully saturated rings. The largest absolute Gasteiger partial charge is 0.465 e. The van der Waals surface area contributed by atoms with Gasteiger partial charge in [0.05, 0.1) is 6.61 Å². The van der Waals surface area contributed by atoms with Crippen molar-refractivity contribution < 1.29 is 14.3 Å². The number of rotatable bonds is 4. The first-order chi connectivity index (χ1) is 9.52. The van der Waals surface area contributed by atoms with Crippen LogP contribution in [0.15, 0.2) is 35.3 Å². The number of Topliss-reactive ketones (excluding diaryl/α,β-unsaturated/α-hetero) is 1. The Morgan fingerprint density at radius 1 is 1.40 bits per heavy atom. The topological polar surface area (TPSA) is 43.4 Å². The van der Waals surface area contributed by atoms with Gasteiger partial charge in [-0.1, -0.05) is 34.6 Å². The molecule has 20 heavy (non-hydrogen) atoms. The second kappa shape index (κ2) is 5.92. The van der Waals surface area contributed by atoms with E-state index in [0.29, 0.717) is 24.8 Å². The van der Waals surface area contributed by atoms with Crippen molar-refractivity contribution in [2.75, 3.05) is 6.61 Å². The zero-order chi connectivity index (χ0) is 14.8. The van der Waals surface area contributed by atoms with Gasteiger partial charge in [-0.15, -0.1) is 0 Å². The second-order valence-corrected chi connectivity index (χ2v) is 5.80. The molecule has 0 unspecified atom stereocenters. The molecule has 2 rings (SSSR count). The Morgan fingerprint density at radius 3 is 2.55 bits per heavy atom. The summed E-state index contributed by atoms with van der Waals surface area (Å²) >= 11 is 3.37. The molecular formula is C16H17BrO3. The van der Waals surface area contributed by atoms with Crippen LogP contribution in [0.4, 0.5) is 0 Å². The van der Waals surface area contributed by atoms with E-state index in [-0.39, 0.29) is 12.4 Å². The van der Waals surface area contributed by atoms with Crippen LogP contribution in [0.1, 0.15) is 31.7 Å². The van der Waals surface area contributed by atoms with E-state index in [1.165, 1.54) is 0 Å². The maximum Gasteiger partial charge on any atom is 0.324 e. The van der Waals surface area contributed by atoms with E-state index in [2.05, 4.69) is 22.5 Å². The number of halogens is 1. The average molecular weight is 337 g/mol. The highest BCUT2D eigenvalue weighted by molar-refractivity contribution is 9.10. The normalized spacial score (nSPS) is 21.8. The predicted molar refractivity (Wildman–Crippen MR) is 81.1 cm³/mol. The number of carbonyl (C=O) groups is 2. The van der Waals surface area contributed by atoms with E-state index in [1.54, 1.807) is 6.92 Å². The second-order valence-electron chi connectivity index (χ2n) is 4.89. The summed E-state index contributed by atoms with van der Waals surface area (Å²) in [5, 5.41) is 0. The highest BCUT2D eigenvalue weighted by atomic mass is 79.9. The minimum absolute atomic E-state index is 0.0798. The zero-order valence-electron chi connectivity index (χ0n) is 11.4. The lowest BCUT2D eigenvalue weighted by molar-refractivity contribution is -0.154. The van der Waals surface area contributed by atoms with Gasteiger partial charge in [-0.25, -0.2) is 0 Å². The first-order valence-electron chi connectivity index (χ1n) is 6.68. The number of benzene rings is 1. The van der Waals surface area contributed by atoms with Gasteiger partial charge in [0, 0.05) is 10.9 Å². The fourth-order valence-electron chi connectivity index (χ4n) is 2.68. The Kier molecular flexibility index (Phi) is 4.43. The summed E-state index contributed by atoms with van der Waals surface area (Å²) in [6.07, 6.45) is 1.60. The molecule has 0 N–H and O–H groups in total. The fraction of sp³-hybridized carbons (Fsp3) is 0.375. The van der Waals surface area contributed by atoms with Gasteiger partial charge in [0.15, 0.2) is 11.2 Å². The van der Waals surface area contributed by atoms with E-state index in [0.717, 1.165) is 10.0 Å². The highest BCUT2D eigenvalue weighted by Gasteiger charge is 2.52. The molecule has 4 heteroatoms. The first-order valence-corrected chi connectivity index (χ1v) is 7.47. The van der Waals surface area contributed by atoms with Crippen molar-refractivity contribution in [3.8, 4) is 0 Å². The van der Waals surface area contributed by atoms with Crippen LogP contribution in [-0.4, -0.2) is 18.4 Å². The van der Waals surface area contributed by atoms with Crippen LogP contribution in [0.5, 0.6) is 0 Å². The van der Waals surface area contributed by atoms with Crippen molar-refractivity contribution in [3.63, 3.8) is 0 Å². The lowest BCUT2D eigenvalue weighted by Crippen LogP contribution is -2.37. The zero-order valence-corrected chi connectivity index (χ0v) is 13.0. The Hall–Kier alpha value is -1.42. The molecule has 0 radical (unpaired) electrons. The number of ether oxygens (including phenoxy) is 1. The van der Waals surface area contributed by atoms with Crippen molar-refractivity contribution in [1.82, 2.24) is 0 Å². The van der Waals surface area contributed by atoms with Crippen LogP contribution < -0.4 is 0 Å². The lowest BCUT2D eigenvalue weighted by Gasteiger charge is -2.27. The molecule has 1 saturated carbocycles. The van der Waals surface area contributed by atoms with Crippen LogP contribution in [0.25, 0.3) is 5.57 Å². The summed E-state index contributed by atoms with van der Waals surface area (Å²) in [5.74, 6) is -0.542. The Morgan fingerprint density at radius 2 is 2.05 bits per heavy atom. The molecule has 0 saturated heterocycles. The molecule has 3 nitrogen and oxygen atoms in total. The molecule has 1 aromatic rings. The summed E-state index contributed by atoms with van der Waals surface area (Å²) in [7, 11) is 0. The number of ketones is 1. The summed E-state index contributed by atoms with van der Waals surface area (Å²) in [6, 6.07) is 7.47. The molecule has 106 valence electrons. The van der Waals surface area contributed by atoms with Crippen molar-refractivity contribution in [1.29, 1.82) is 0 Å². The molecule has 0 aliphatic heterocycles. The maximum atomic E-state index is 12.3. The van der Waals surface area contributed by atoms with Crippen molar-refractivity contribution >= 4 is 33.3 Å². The van der Waals surface area contributed by atoms with Gasteiger partial charge in [0.2, 0.25) is 0 Å². The van der Waals surface area contributed by atoms with Crippen LogP contribution in [0, 0.1) is 5.41 Å². The van der Waals surface area contributed by atoms with Crippen LogP contribution in [-0.2, 0) is 14.3 Å². The summed E-state index contributed by atoms with van der Waals surface area (Å²) in [6.45, 7) is 6.03. The summed E-state index contributed by atoms with van der Waals surface area (Å²) in [4.78, 5) is 24.7. The third-order valence-electron chi connectivity index (χ3n) is 3.76. The first kappa shape index (κ1) is 15.0. The highest BCUT2D eigenvalue weighted by Crippen LogP contribution is 2.46. The third kappa shape index (κ3) is 2.44. The monoisotopic (exact) mass is 336 g/mol. The molecular weight excluding hydrogens is 320 g/mol. The van der Waals surface area contributed by atoms with Crippen LogP contribution >= 0.6 is 15.9 Å². The minimum atomic E-state index is -1.19. The minimum Gasteiger partial charge on any atom is -0.465 e. The number of esters is 1. The van der Waals surface area contributed by atoms with Gasteiger partial charge in [-0.3, -0.25) is 9.59 Å². The Bertz CT molecular complexity index is 547. The third-order valence-corrected chi connectivity index (χ3v) is 4.29.